The normalized spacial score (nSPS) is 10.2. The third-order valence-electron chi connectivity index (χ3n) is 3.16. The van der Waals surface area contributed by atoms with Crippen molar-refractivity contribution in [1.29, 1.82) is 0 Å². The van der Waals surface area contributed by atoms with E-state index in [1.165, 1.54) is 6.92 Å². The number of methoxy groups -OCH3 is 1. The van der Waals surface area contributed by atoms with Crippen molar-refractivity contribution in [2.45, 2.75) is 13.3 Å². The van der Waals surface area contributed by atoms with Gasteiger partial charge in [0.15, 0.2) is 11.5 Å². The van der Waals surface area contributed by atoms with E-state index < -0.39 is 0 Å². The number of benzene rings is 1. The fourth-order valence-electron chi connectivity index (χ4n) is 2.05. The highest BCUT2D eigenvalue weighted by Crippen LogP contribution is 2.18. The number of amides is 2. The molecule has 0 aliphatic rings. The van der Waals surface area contributed by atoms with Crippen LogP contribution in [0.5, 0.6) is 0 Å². The molecule has 25 heavy (non-hydrogen) atoms. The first-order valence-electron chi connectivity index (χ1n) is 7.84. The lowest BCUT2D eigenvalue weighted by Gasteiger charge is -2.08. The number of carbonyl (C=O) groups excluding carboxylic acids is 2. The Hall–Kier alpha value is -3.00. The van der Waals surface area contributed by atoms with Gasteiger partial charge in [0.1, 0.15) is 0 Å². The van der Waals surface area contributed by atoms with E-state index in [0.29, 0.717) is 24.7 Å². The lowest BCUT2D eigenvalue weighted by molar-refractivity contribution is -0.114. The summed E-state index contributed by atoms with van der Waals surface area (Å²) in [4.78, 5) is 23.0. The zero-order valence-electron chi connectivity index (χ0n) is 14.2. The highest BCUT2D eigenvalue weighted by Gasteiger charge is 2.07. The molecule has 0 bridgehead atoms. The van der Waals surface area contributed by atoms with Gasteiger partial charge in [0.2, 0.25) is 5.91 Å². The Morgan fingerprint density at radius 3 is 2.60 bits per heavy atom. The van der Waals surface area contributed by atoms with Crippen LogP contribution in [0.3, 0.4) is 0 Å². The number of hydrogen-bond acceptors (Lipinski definition) is 6. The average Bonchev–Trinajstić information content (AvgIpc) is 2.59. The number of aromatic nitrogens is 2. The first-order chi connectivity index (χ1) is 12.1. The first kappa shape index (κ1) is 18.3. The van der Waals surface area contributed by atoms with Crippen molar-refractivity contribution in [3.8, 4) is 0 Å². The molecule has 0 saturated carbocycles. The molecular weight excluding hydrogens is 322 g/mol. The minimum Gasteiger partial charge on any atom is -0.385 e. The third kappa shape index (κ3) is 6.19. The second kappa shape index (κ2) is 9.33. The number of carbonyl (C=O) groups is 2. The van der Waals surface area contributed by atoms with Crippen LogP contribution in [-0.4, -0.2) is 42.3 Å². The molecule has 0 aliphatic heterocycles. The molecular formula is C17H21N5O3. The van der Waals surface area contributed by atoms with Gasteiger partial charge in [-0.1, -0.05) is 6.07 Å². The van der Waals surface area contributed by atoms with Crippen LogP contribution in [0.4, 0.5) is 17.2 Å². The van der Waals surface area contributed by atoms with Crippen molar-refractivity contribution in [2.75, 3.05) is 30.9 Å². The second-order valence-corrected chi connectivity index (χ2v) is 5.29. The lowest BCUT2D eigenvalue weighted by atomic mass is 10.2. The summed E-state index contributed by atoms with van der Waals surface area (Å²) < 4.78 is 4.92. The Labute approximate surface area is 146 Å². The summed E-state index contributed by atoms with van der Waals surface area (Å²) in [6.45, 7) is 2.56. The SMILES string of the molecule is COCCCNC(=O)c1ccc(Nc2cccc(NC(C)=O)c2)nn1. The molecule has 2 amide bonds. The predicted molar refractivity (Wildman–Crippen MR) is 94.9 cm³/mol. The molecule has 0 saturated heterocycles. The molecule has 3 N–H and O–H groups in total. The Balaban J connectivity index is 1.94. The maximum Gasteiger partial charge on any atom is 0.271 e. The summed E-state index contributed by atoms with van der Waals surface area (Å²) >= 11 is 0. The second-order valence-electron chi connectivity index (χ2n) is 5.29. The van der Waals surface area contributed by atoms with Crippen molar-refractivity contribution in [2.24, 2.45) is 0 Å². The number of hydrogen-bond donors (Lipinski definition) is 3. The largest absolute Gasteiger partial charge is 0.385 e. The van der Waals surface area contributed by atoms with Crippen LogP contribution in [0.2, 0.25) is 0 Å². The molecule has 2 rings (SSSR count). The van der Waals surface area contributed by atoms with E-state index in [1.807, 2.05) is 12.1 Å². The van der Waals surface area contributed by atoms with E-state index in [9.17, 15) is 9.59 Å². The number of anilines is 3. The standard InChI is InChI=1S/C17H21N5O3/c1-12(23)19-13-5-3-6-14(11-13)20-16-8-7-15(21-22-16)17(24)18-9-4-10-25-2/h3,5-8,11H,4,9-10H2,1-2H3,(H,18,24)(H,19,23)(H,20,22). The van der Waals surface area contributed by atoms with Crippen LogP contribution in [0.15, 0.2) is 36.4 Å². The van der Waals surface area contributed by atoms with Crippen LogP contribution in [0.1, 0.15) is 23.8 Å². The van der Waals surface area contributed by atoms with Gasteiger partial charge in [-0.05, 0) is 36.8 Å². The number of nitrogens with zero attached hydrogens (tertiary/aromatic N) is 2. The molecule has 1 aromatic carbocycles. The zero-order valence-corrected chi connectivity index (χ0v) is 14.2. The van der Waals surface area contributed by atoms with E-state index in [0.717, 1.165) is 12.1 Å². The number of ether oxygens (including phenoxy) is 1. The summed E-state index contributed by atoms with van der Waals surface area (Å²) in [5.74, 6) is 0.0801. The monoisotopic (exact) mass is 343 g/mol. The molecule has 1 heterocycles. The third-order valence-corrected chi connectivity index (χ3v) is 3.16. The summed E-state index contributed by atoms with van der Waals surface area (Å²) in [5, 5.41) is 16.4. The fourth-order valence-corrected chi connectivity index (χ4v) is 2.05. The molecule has 132 valence electrons. The molecule has 0 fully saturated rings. The topological polar surface area (TPSA) is 105 Å². The van der Waals surface area contributed by atoms with Gasteiger partial charge in [-0.15, -0.1) is 10.2 Å². The van der Waals surface area contributed by atoms with Crippen LogP contribution >= 0.6 is 0 Å². The highest BCUT2D eigenvalue weighted by molar-refractivity contribution is 5.92. The van der Waals surface area contributed by atoms with Gasteiger partial charge in [0.05, 0.1) is 0 Å². The summed E-state index contributed by atoms with van der Waals surface area (Å²) in [5.41, 5.74) is 1.67. The van der Waals surface area contributed by atoms with Gasteiger partial charge in [-0.2, -0.15) is 0 Å². The Morgan fingerprint density at radius 2 is 1.92 bits per heavy atom. The molecule has 1 aromatic heterocycles. The Kier molecular flexibility index (Phi) is 6.85. The lowest BCUT2D eigenvalue weighted by Crippen LogP contribution is -2.26. The smallest absolute Gasteiger partial charge is 0.271 e. The molecule has 0 spiro atoms. The van der Waals surface area contributed by atoms with Crippen molar-refractivity contribution in [3.63, 3.8) is 0 Å². The van der Waals surface area contributed by atoms with E-state index in [2.05, 4.69) is 26.1 Å². The highest BCUT2D eigenvalue weighted by atomic mass is 16.5. The zero-order chi connectivity index (χ0) is 18.1. The van der Waals surface area contributed by atoms with Crippen molar-refractivity contribution >= 4 is 29.0 Å². The molecule has 0 unspecified atom stereocenters. The van der Waals surface area contributed by atoms with Gasteiger partial charge in [0, 0.05) is 38.6 Å². The minimum absolute atomic E-state index is 0.141. The quantitative estimate of drug-likeness (QED) is 0.633. The Morgan fingerprint density at radius 1 is 1.12 bits per heavy atom. The fraction of sp³-hybridized carbons (Fsp3) is 0.294. The van der Waals surface area contributed by atoms with E-state index in [1.54, 1.807) is 31.4 Å². The van der Waals surface area contributed by atoms with Crippen molar-refractivity contribution in [3.05, 3.63) is 42.1 Å². The van der Waals surface area contributed by atoms with Gasteiger partial charge in [0.25, 0.3) is 5.91 Å². The maximum absolute atomic E-state index is 11.9. The summed E-state index contributed by atoms with van der Waals surface area (Å²) in [7, 11) is 1.62. The van der Waals surface area contributed by atoms with Crippen molar-refractivity contribution < 1.29 is 14.3 Å². The van der Waals surface area contributed by atoms with Gasteiger partial charge >= 0.3 is 0 Å². The van der Waals surface area contributed by atoms with E-state index in [4.69, 9.17) is 4.74 Å². The van der Waals surface area contributed by atoms with Crippen LogP contribution < -0.4 is 16.0 Å². The van der Waals surface area contributed by atoms with Crippen LogP contribution in [0.25, 0.3) is 0 Å². The van der Waals surface area contributed by atoms with E-state index in [-0.39, 0.29) is 17.5 Å². The van der Waals surface area contributed by atoms with Gasteiger partial charge < -0.3 is 20.7 Å². The average molecular weight is 343 g/mol. The van der Waals surface area contributed by atoms with Gasteiger partial charge in [-0.25, -0.2) is 0 Å². The number of nitrogens with one attached hydrogen (secondary N) is 3. The maximum atomic E-state index is 11.9. The molecule has 0 aliphatic carbocycles. The minimum atomic E-state index is -0.275. The van der Waals surface area contributed by atoms with Crippen LogP contribution in [0, 0.1) is 0 Å². The van der Waals surface area contributed by atoms with E-state index >= 15 is 0 Å². The summed E-state index contributed by atoms with van der Waals surface area (Å²) in [6, 6.07) is 10.5. The Bertz CT molecular complexity index is 718. The predicted octanol–water partition coefficient (Wildman–Crippen LogP) is 1.94. The first-order valence-corrected chi connectivity index (χ1v) is 7.84. The molecule has 0 radical (unpaired) electrons. The van der Waals surface area contributed by atoms with Crippen molar-refractivity contribution in [1.82, 2.24) is 15.5 Å². The number of rotatable bonds is 8. The van der Waals surface area contributed by atoms with Crippen LogP contribution in [-0.2, 0) is 9.53 Å². The molecule has 8 heteroatoms. The van der Waals surface area contributed by atoms with Gasteiger partial charge in [-0.3, -0.25) is 9.59 Å². The molecule has 0 atom stereocenters. The summed E-state index contributed by atoms with van der Waals surface area (Å²) in [6.07, 6.45) is 0.736. The molecule has 8 nitrogen and oxygen atoms in total. The molecule has 2 aromatic rings.